The smallest absolute Gasteiger partial charge is 0.223 e. The SMILES string of the molecule is C[C@]12CC[C@H]3[C@@H](CC=C4C[C@@H](O)CC[C@@]43C)[C@@H]1CC[C@@H]2C(=O)NCCN1CCOCC1. The number of carbonyl (C=O) groups excluding carboxylic acids is 1. The molecule has 31 heavy (non-hydrogen) atoms. The highest BCUT2D eigenvalue weighted by Crippen LogP contribution is 2.66. The predicted octanol–water partition coefficient (Wildman–Crippen LogP) is 3.37. The lowest BCUT2D eigenvalue weighted by Gasteiger charge is -2.57. The molecule has 0 spiro atoms. The highest BCUT2D eigenvalue weighted by Gasteiger charge is 2.59. The van der Waals surface area contributed by atoms with Gasteiger partial charge in [-0.25, -0.2) is 0 Å². The summed E-state index contributed by atoms with van der Waals surface area (Å²) < 4.78 is 5.42. The second-order valence-corrected chi connectivity index (χ2v) is 11.6. The minimum absolute atomic E-state index is 0.137. The van der Waals surface area contributed by atoms with Gasteiger partial charge < -0.3 is 15.2 Å². The zero-order valence-corrected chi connectivity index (χ0v) is 19.6. The monoisotopic (exact) mass is 430 g/mol. The first-order chi connectivity index (χ1) is 14.9. The average molecular weight is 431 g/mol. The summed E-state index contributed by atoms with van der Waals surface area (Å²) in [6, 6.07) is 0. The van der Waals surface area contributed by atoms with E-state index in [2.05, 4.69) is 30.1 Å². The number of hydrogen-bond acceptors (Lipinski definition) is 4. The zero-order valence-electron chi connectivity index (χ0n) is 19.6. The maximum Gasteiger partial charge on any atom is 0.223 e. The fourth-order valence-corrected chi connectivity index (χ4v) is 8.36. The third kappa shape index (κ3) is 3.79. The summed E-state index contributed by atoms with van der Waals surface area (Å²) >= 11 is 0. The van der Waals surface area contributed by atoms with Crippen LogP contribution in [0.5, 0.6) is 0 Å². The third-order valence-corrected chi connectivity index (χ3v) is 10.2. The van der Waals surface area contributed by atoms with Crippen molar-refractivity contribution >= 4 is 5.91 Å². The van der Waals surface area contributed by atoms with E-state index in [1.54, 1.807) is 0 Å². The first kappa shape index (κ1) is 21.9. The lowest BCUT2D eigenvalue weighted by molar-refractivity contribution is -0.132. The average Bonchev–Trinajstić information content (AvgIpc) is 3.12. The molecular weight excluding hydrogens is 388 g/mol. The summed E-state index contributed by atoms with van der Waals surface area (Å²) in [5.74, 6) is 2.60. The van der Waals surface area contributed by atoms with Crippen molar-refractivity contribution < 1.29 is 14.6 Å². The highest BCUT2D eigenvalue weighted by atomic mass is 16.5. The highest BCUT2D eigenvalue weighted by molar-refractivity contribution is 5.80. The quantitative estimate of drug-likeness (QED) is 0.672. The van der Waals surface area contributed by atoms with E-state index in [1.807, 2.05) is 0 Å². The Bertz CT molecular complexity index is 717. The van der Waals surface area contributed by atoms with E-state index in [9.17, 15) is 9.90 Å². The van der Waals surface area contributed by atoms with Crippen molar-refractivity contribution in [1.82, 2.24) is 10.2 Å². The predicted molar refractivity (Wildman–Crippen MR) is 121 cm³/mol. The van der Waals surface area contributed by atoms with Gasteiger partial charge in [-0.15, -0.1) is 0 Å². The molecular formula is C26H42N2O3. The maximum absolute atomic E-state index is 13.2. The molecule has 0 aromatic rings. The number of allylic oxidation sites excluding steroid dienone is 1. The number of carbonyl (C=O) groups is 1. The van der Waals surface area contributed by atoms with Crippen LogP contribution >= 0.6 is 0 Å². The molecule has 4 aliphatic carbocycles. The van der Waals surface area contributed by atoms with Gasteiger partial charge in [0.2, 0.25) is 5.91 Å². The second kappa shape index (κ2) is 8.46. The largest absolute Gasteiger partial charge is 0.393 e. The number of nitrogens with one attached hydrogen (secondary N) is 1. The fourth-order valence-electron chi connectivity index (χ4n) is 8.36. The summed E-state index contributed by atoms with van der Waals surface area (Å²) in [6.07, 6.45) is 11.2. The van der Waals surface area contributed by atoms with Gasteiger partial charge in [-0.2, -0.15) is 0 Å². The van der Waals surface area contributed by atoms with Crippen molar-refractivity contribution in [3.63, 3.8) is 0 Å². The van der Waals surface area contributed by atoms with Gasteiger partial charge in [-0.05, 0) is 80.0 Å². The summed E-state index contributed by atoms with van der Waals surface area (Å²) in [6.45, 7) is 10.2. The number of amides is 1. The molecule has 7 atom stereocenters. The molecule has 1 saturated heterocycles. The number of aliphatic hydroxyl groups is 1. The van der Waals surface area contributed by atoms with Crippen molar-refractivity contribution in [3.8, 4) is 0 Å². The van der Waals surface area contributed by atoms with Gasteiger partial charge in [0.15, 0.2) is 0 Å². The summed E-state index contributed by atoms with van der Waals surface area (Å²) in [7, 11) is 0. The summed E-state index contributed by atoms with van der Waals surface area (Å²) in [5, 5.41) is 13.5. The Balaban J connectivity index is 1.24. The first-order valence-corrected chi connectivity index (χ1v) is 12.9. The minimum Gasteiger partial charge on any atom is -0.393 e. The maximum atomic E-state index is 13.2. The van der Waals surface area contributed by atoms with Crippen LogP contribution in [0.2, 0.25) is 0 Å². The molecule has 3 saturated carbocycles. The van der Waals surface area contributed by atoms with Crippen LogP contribution in [0.4, 0.5) is 0 Å². The van der Waals surface area contributed by atoms with Crippen LogP contribution < -0.4 is 5.32 Å². The van der Waals surface area contributed by atoms with Crippen LogP contribution in [0.1, 0.15) is 65.2 Å². The third-order valence-electron chi connectivity index (χ3n) is 10.2. The molecule has 0 aromatic carbocycles. The van der Waals surface area contributed by atoms with E-state index >= 15 is 0 Å². The van der Waals surface area contributed by atoms with Crippen LogP contribution in [-0.4, -0.2) is 61.4 Å². The Morgan fingerprint density at radius 3 is 2.77 bits per heavy atom. The molecule has 5 nitrogen and oxygen atoms in total. The molecule has 0 unspecified atom stereocenters. The first-order valence-electron chi connectivity index (χ1n) is 12.9. The molecule has 5 rings (SSSR count). The Morgan fingerprint density at radius 2 is 1.97 bits per heavy atom. The molecule has 1 aliphatic heterocycles. The molecule has 4 fully saturated rings. The number of morpholine rings is 1. The Morgan fingerprint density at radius 1 is 1.16 bits per heavy atom. The van der Waals surface area contributed by atoms with Crippen molar-refractivity contribution in [2.75, 3.05) is 39.4 Å². The van der Waals surface area contributed by atoms with Crippen LogP contribution in [0.25, 0.3) is 0 Å². The van der Waals surface area contributed by atoms with Crippen LogP contribution in [-0.2, 0) is 9.53 Å². The zero-order chi connectivity index (χ0) is 21.6. The van der Waals surface area contributed by atoms with Gasteiger partial charge in [-0.3, -0.25) is 9.69 Å². The fraction of sp³-hybridized carbons (Fsp3) is 0.885. The van der Waals surface area contributed by atoms with E-state index in [1.165, 1.54) is 24.8 Å². The molecule has 174 valence electrons. The van der Waals surface area contributed by atoms with E-state index in [0.29, 0.717) is 17.7 Å². The van der Waals surface area contributed by atoms with E-state index in [-0.39, 0.29) is 22.9 Å². The Labute approximate surface area is 188 Å². The number of ether oxygens (including phenoxy) is 1. The van der Waals surface area contributed by atoms with Gasteiger partial charge in [-0.1, -0.05) is 25.5 Å². The van der Waals surface area contributed by atoms with Crippen LogP contribution in [0.15, 0.2) is 11.6 Å². The molecule has 2 N–H and O–H groups in total. The molecule has 1 amide bonds. The normalized spacial score (nSPS) is 45.3. The second-order valence-electron chi connectivity index (χ2n) is 11.6. The van der Waals surface area contributed by atoms with Crippen molar-refractivity contribution in [2.24, 2.45) is 34.5 Å². The van der Waals surface area contributed by atoms with Gasteiger partial charge in [0, 0.05) is 32.1 Å². The number of fused-ring (bicyclic) bond motifs is 5. The van der Waals surface area contributed by atoms with Gasteiger partial charge in [0.1, 0.15) is 0 Å². The number of nitrogens with zero attached hydrogens (tertiary/aromatic N) is 1. The lowest BCUT2D eigenvalue weighted by atomic mass is 9.47. The van der Waals surface area contributed by atoms with E-state index in [4.69, 9.17) is 4.74 Å². The van der Waals surface area contributed by atoms with Crippen molar-refractivity contribution in [1.29, 1.82) is 0 Å². The Kier molecular flexibility index (Phi) is 5.98. The standard InChI is InChI=1S/C26H42N2O3/c1-25-9-7-19(29)17-18(25)3-4-20-21-5-6-23(26(21,2)10-8-22(20)25)24(30)27-11-12-28-13-15-31-16-14-28/h3,19-23,29H,4-17H2,1-2H3,(H,27,30)/t19-,20-,21-,22-,23+,25-,26-/m0/s1. The van der Waals surface area contributed by atoms with Crippen LogP contribution in [0.3, 0.4) is 0 Å². The molecule has 1 heterocycles. The molecule has 0 radical (unpaired) electrons. The van der Waals surface area contributed by atoms with Gasteiger partial charge in [0.25, 0.3) is 0 Å². The molecule has 0 aromatic heterocycles. The van der Waals surface area contributed by atoms with E-state index < -0.39 is 0 Å². The molecule has 5 aliphatic rings. The summed E-state index contributed by atoms with van der Waals surface area (Å²) in [4.78, 5) is 15.6. The van der Waals surface area contributed by atoms with Crippen molar-refractivity contribution in [3.05, 3.63) is 11.6 Å². The number of rotatable bonds is 4. The minimum atomic E-state index is -0.137. The topological polar surface area (TPSA) is 61.8 Å². The number of aliphatic hydroxyl groups excluding tert-OH is 1. The van der Waals surface area contributed by atoms with Crippen LogP contribution in [0, 0.1) is 34.5 Å². The van der Waals surface area contributed by atoms with E-state index in [0.717, 1.165) is 77.4 Å². The van der Waals surface area contributed by atoms with Gasteiger partial charge in [0.05, 0.1) is 19.3 Å². The molecule has 0 bridgehead atoms. The summed E-state index contributed by atoms with van der Waals surface area (Å²) in [5.41, 5.74) is 1.97. The Hall–Kier alpha value is -0.910. The lowest BCUT2D eigenvalue weighted by Crippen LogP contribution is -2.52. The van der Waals surface area contributed by atoms with Crippen molar-refractivity contribution in [2.45, 2.75) is 71.3 Å². The number of hydrogen-bond donors (Lipinski definition) is 2. The molecule has 5 heteroatoms. The van der Waals surface area contributed by atoms with Gasteiger partial charge >= 0.3 is 0 Å².